The number of hydrogen-bond acceptors (Lipinski definition) is 4. The third-order valence-electron chi connectivity index (χ3n) is 1.81. The van der Waals surface area contributed by atoms with E-state index in [0.29, 0.717) is 12.3 Å². The highest BCUT2D eigenvalue weighted by Gasteiger charge is 2.14. The van der Waals surface area contributed by atoms with E-state index in [4.69, 9.17) is 15.1 Å². The molecule has 0 aromatic carbocycles. The lowest BCUT2D eigenvalue weighted by Gasteiger charge is -2.07. The summed E-state index contributed by atoms with van der Waals surface area (Å²) >= 11 is 0. The fraction of sp³-hybridized carbons (Fsp3) is 0.300. The van der Waals surface area contributed by atoms with Crippen LogP contribution in [0.1, 0.15) is 28.5 Å². The average molecular weight is 206 g/mol. The number of nitriles is 1. The molecule has 0 aliphatic carbocycles. The second-order valence-electron chi connectivity index (χ2n) is 2.82. The van der Waals surface area contributed by atoms with Gasteiger partial charge in [0.2, 0.25) is 5.88 Å². The third-order valence-corrected chi connectivity index (χ3v) is 1.81. The molecule has 1 N–H and O–H groups in total. The van der Waals surface area contributed by atoms with Crippen LogP contribution < -0.4 is 4.74 Å². The first-order valence-corrected chi connectivity index (χ1v) is 4.38. The summed E-state index contributed by atoms with van der Waals surface area (Å²) in [4.78, 5) is 14.7. The monoisotopic (exact) mass is 206 g/mol. The van der Waals surface area contributed by atoms with E-state index in [1.807, 2.05) is 6.07 Å². The molecule has 0 bridgehead atoms. The largest absolute Gasteiger partial charge is 0.478 e. The molecule has 0 atom stereocenters. The third kappa shape index (κ3) is 2.23. The number of carboxylic acid groups (broad SMARTS) is 1. The van der Waals surface area contributed by atoms with Crippen molar-refractivity contribution < 1.29 is 14.6 Å². The minimum atomic E-state index is -1.10. The molecule has 0 fully saturated rings. The van der Waals surface area contributed by atoms with Gasteiger partial charge in [0.15, 0.2) is 0 Å². The number of ether oxygens (including phenoxy) is 1. The maximum atomic E-state index is 10.8. The summed E-state index contributed by atoms with van der Waals surface area (Å²) < 4.78 is 5.12. The zero-order valence-corrected chi connectivity index (χ0v) is 8.44. The highest BCUT2D eigenvalue weighted by molar-refractivity contribution is 5.89. The standard InChI is InChI=1S/C10H10N2O3/c1-3-15-9-7(5-11)4-8(10(13)14)6(2)12-9/h4H,3H2,1-2H3,(H,13,14). The smallest absolute Gasteiger partial charge is 0.337 e. The van der Waals surface area contributed by atoms with Gasteiger partial charge >= 0.3 is 5.97 Å². The molecule has 0 aliphatic heterocycles. The Bertz CT molecular complexity index is 435. The van der Waals surface area contributed by atoms with Crippen molar-refractivity contribution in [3.63, 3.8) is 0 Å². The first-order valence-electron chi connectivity index (χ1n) is 4.38. The summed E-state index contributed by atoms with van der Waals surface area (Å²) in [5.74, 6) is -0.915. The Balaban J connectivity index is 3.30. The summed E-state index contributed by atoms with van der Waals surface area (Å²) in [6, 6.07) is 3.13. The summed E-state index contributed by atoms with van der Waals surface area (Å²) in [6.07, 6.45) is 0. The van der Waals surface area contributed by atoms with Gasteiger partial charge in [0.05, 0.1) is 17.9 Å². The fourth-order valence-electron chi connectivity index (χ4n) is 1.13. The van der Waals surface area contributed by atoms with Crippen molar-refractivity contribution in [3.8, 4) is 11.9 Å². The van der Waals surface area contributed by atoms with Crippen LogP contribution in [0.4, 0.5) is 0 Å². The predicted molar refractivity (Wildman–Crippen MR) is 51.8 cm³/mol. The van der Waals surface area contributed by atoms with E-state index in [0.717, 1.165) is 0 Å². The number of aromatic nitrogens is 1. The zero-order chi connectivity index (χ0) is 11.4. The number of aryl methyl sites for hydroxylation is 1. The van der Waals surface area contributed by atoms with Crippen molar-refractivity contribution >= 4 is 5.97 Å². The molecule has 1 rings (SSSR count). The molecule has 15 heavy (non-hydrogen) atoms. The molecular formula is C10H10N2O3. The average Bonchev–Trinajstić information content (AvgIpc) is 2.18. The molecule has 0 saturated heterocycles. The van der Waals surface area contributed by atoms with Crippen molar-refractivity contribution in [2.75, 3.05) is 6.61 Å². The van der Waals surface area contributed by atoms with Gasteiger partial charge in [-0.2, -0.15) is 5.26 Å². The van der Waals surface area contributed by atoms with Crippen LogP contribution in [0, 0.1) is 18.3 Å². The van der Waals surface area contributed by atoms with Gasteiger partial charge in [-0.05, 0) is 19.9 Å². The van der Waals surface area contributed by atoms with E-state index in [1.54, 1.807) is 13.8 Å². The van der Waals surface area contributed by atoms with Crippen LogP contribution in [-0.4, -0.2) is 22.7 Å². The second kappa shape index (κ2) is 4.42. The van der Waals surface area contributed by atoms with Gasteiger partial charge in [0, 0.05) is 0 Å². The van der Waals surface area contributed by atoms with Crippen LogP contribution in [0.25, 0.3) is 0 Å². The number of pyridine rings is 1. The summed E-state index contributed by atoms with van der Waals surface area (Å²) in [6.45, 7) is 3.71. The van der Waals surface area contributed by atoms with Gasteiger partial charge in [-0.3, -0.25) is 0 Å². The molecule has 0 spiro atoms. The van der Waals surface area contributed by atoms with Crippen LogP contribution >= 0.6 is 0 Å². The number of carbonyl (C=O) groups is 1. The highest BCUT2D eigenvalue weighted by atomic mass is 16.5. The molecule has 0 saturated carbocycles. The van der Waals surface area contributed by atoms with E-state index in [1.165, 1.54) is 6.07 Å². The van der Waals surface area contributed by atoms with E-state index < -0.39 is 5.97 Å². The molecule has 1 heterocycles. The lowest BCUT2D eigenvalue weighted by atomic mass is 10.1. The van der Waals surface area contributed by atoms with Gasteiger partial charge in [-0.1, -0.05) is 0 Å². The maximum Gasteiger partial charge on any atom is 0.337 e. The van der Waals surface area contributed by atoms with E-state index in [2.05, 4.69) is 4.98 Å². The molecule has 0 aliphatic rings. The van der Waals surface area contributed by atoms with Crippen LogP contribution in [0.5, 0.6) is 5.88 Å². The number of hydrogen-bond donors (Lipinski definition) is 1. The molecule has 1 aromatic heterocycles. The van der Waals surface area contributed by atoms with Gasteiger partial charge in [-0.15, -0.1) is 0 Å². The van der Waals surface area contributed by atoms with Gasteiger partial charge in [0.1, 0.15) is 11.6 Å². The maximum absolute atomic E-state index is 10.8. The van der Waals surface area contributed by atoms with Crippen LogP contribution in [0.2, 0.25) is 0 Å². The molecule has 78 valence electrons. The Morgan fingerprint density at radius 2 is 2.40 bits per heavy atom. The van der Waals surface area contributed by atoms with E-state index in [9.17, 15) is 4.79 Å². The minimum absolute atomic E-state index is 0.0232. The van der Waals surface area contributed by atoms with Gasteiger partial charge < -0.3 is 9.84 Å². The Kier molecular flexibility index (Phi) is 3.24. The van der Waals surface area contributed by atoms with E-state index in [-0.39, 0.29) is 17.0 Å². The van der Waals surface area contributed by atoms with Crippen molar-refractivity contribution in [1.82, 2.24) is 4.98 Å². The van der Waals surface area contributed by atoms with Gasteiger partial charge in [0.25, 0.3) is 0 Å². The Morgan fingerprint density at radius 3 is 2.87 bits per heavy atom. The van der Waals surface area contributed by atoms with E-state index >= 15 is 0 Å². The first-order chi connectivity index (χ1) is 7.10. The van der Waals surface area contributed by atoms with Crippen molar-refractivity contribution in [1.29, 1.82) is 5.26 Å². The summed E-state index contributed by atoms with van der Waals surface area (Å²) in [5, 5.41) is 17.6. The SMILES string of the molecule is CCOc1nc(C)c(C(=O)O)cc1C#N. The van der Waals surface area contributed by atoms with Crippen LogP contribution in [0.15, 0.2) is 6.07 Å². The van der Waals surface area contributed by atoms with Crippen molar-refractivity contribution in [3.05, 3.63) is 22.9 Å². The molecule has 0 radical (unpaired) electrons. The number of rotatable bonds is 3. The lowest BCUT2D eigenvalue weighted by molar-refractivity contribution is 0.0695. The van der Waals surface area contributed by atoms with Crippen LogP contribution in [0.3, 0.4) is 0 Å². The number of aromatic carboxylic acids is 1. The van der Waals surface area contributed by atoms with Crippen LogP contribution in [-0.2, 0) is 0 Å². The lowest BCUT2D eigenvalue weighted by Crippen LogP contribution is -2.06. The Morgan fingerprint density at radius 1 is 1.73 bits per heavy atom. The summed E-state index contributed by atoms with van der Waals surface area (Å²) in [5.41, 5.74) is 0.500. The van der Waals surface area contributed by atoms with Crippen molar-refractivity contribution in [2.45, 2.75) is 13.8 Å². The zero-order valence-electron chi connectivity index (χ0n) is 8.44. The molecule has 0 unspecified atom stereocenters. The first kappa shape index (κ1) is 11.0. The summed E-state index contributed by atoms with van der Waals surface area (Å²) in [7, 11) is 0. The highest BCUT2D eigenvalue weighted by Crippen LogP contribution is 2.18. The van der Waals surface area contributed by atoms with Crippen molar-refractivity contribution in [2.24, 2.45) is 0 Å². The second-order valence-corrected chi connectivity index (χ2v) is 2.82. The van der Waals surface area contributed by atoms with Gasteiger partial charge in [-0.25, -0.2) is 9.78 Å². The Hall–Kier alpha value is -2.09. The predicted octanol–water partition coefficient (Wildman–Crippen LogP) is 1.36. The normalized spacial score (nSPS) is 9.40. The molecule has 5 heteroatoms. The molecule has 0 amide bonds. The number of carboxylic acids is 1. The molecular weight excluding hydrogens is 196 g/mol. The topological polar surface area (TPSA) is 83.2 Å². The number of nitrogens with zero attached hydrogens (tertiary/aromatic N) is 2. The fourth-order valence-corrected chi connectivity index (χ4v) is 1.13. The Labute approximate surface area is 86.9 Å². The molecule has 5 nitrogen and oxygen atoms in total. The molecule has 1 aromatic rings. The minimum Gasteiger partial charge on any atom is -0.478 e. The quantitative estimate of drug-likeness (QED) is 0.807.